The normalized spacial score (nSPS) is 11.4. The van der Waals surface area contributed by atoms with Crippen molar-refractivity contribution < 1.29 is 31.9 Å². The lowest BCUT2D eigenvalue weighted by Crippen LogP contribution is -2.26. The Bertz CT molecular complexity index is 854. The molecule has 0 radical (unpaired) electrons. The molecule has 0 amide bonds. The highest BCUT2D eigenvalue weighted by molar-refractivity contribution is 7.89. The van der Waals surface area contributed by atoms with Crippen molar-refractivity contribution in [1.82, 2.24) is 4.47 Å². The number of hydrogen-bond acceptors (Lipinski definition) is 6. The summed E-state index contributed by atoms with van der Waals surface area (Å²) < 4.78 is 48.2. The molecule has 0 aliphatic heterocycles. The quantitative estimate of drug-likeness (QED) is 0.395. The second kappa shape index (κ2) is 8.75. The molecule has 0 unspecified atom stereocenters. The van der Waals surface area contributed by atoms with E-state index in [4.69, 9.17) is 9.47 Å². The zero-order valence-corrected chi connectivity index (χ0v) is 15.0. The molecule has 9 heteroatoms. The molecular formula is C17H18FNO6S. The van der Waals surface area contributed by atoms with Crippen LogP contribution in [0.1, 0.15) is 10.4 Å². The molecule has 2 rings (SSSR count). The zero-order chi connectivity index (χ0) is 19.2. The summed E-state index contributed by atoms with van der Waals surface area (Å²) in [6.45, 7) is 0.0208. The minimum absolute atomic E-state index is 0.0504. The third-order valence-electron chi connectivity index (χ3n) is 3.36. The van der Waals surface area contributed by atoms with Gasteiger partial charge in [-0.1, -0.05) is 10.5 Å². The van der Waals surface area contributed by atoms with E-state index < -0.39 is 16.0 Å². The first kappa shape index (κ1) is 19.8. The van der Waals surface area contributed by atoms with Gasteiger partial charge < -0.3 is 9.47 Å². The van der Waals surface area contributed by atoms with Crippen LogP contribution in [0.5, 0.6) is 5.75 Å². The van der Waals surface area contributed by atoms with Crippen molar-refractivity contribution in [3.63, 3.8) is 0 Å². The van der Waals surface area contributed by atoms with Crippen LogP contribution in [0.15, 0.2) is 53.4 Å². The smallest absolute Gasteiger partial charge is 0.338 e. The fraction of sp³-hybridized carbons (Fsp3) is 0.235. The van der Waals surface area contributed by atoms with Crippen LogP contribution in [0.2, 0.25) is 0 Å². The number of esters is 1. The molecule has 0 saturated heterocycles. The summed E-state index contributed by atoms with van der Waals surface area (Å²) in [7, 11) is -1.40. The molecule has 26 heavy (non-hydrogen) atoms. The van der Waals surface area contributed by atoms with Gasteiger partial charge in [0.15, 0.2) is 0 Å². The number of nitrogens with zero attached hydrogens (tertiary/aromatic N) is 1. The van der Waals surface area contributed by atoms with Crippen LogP contribution in [0, 0.1) is 5.82 Å². The van der Waals surface area contributed by atoms with Crippen molar-refractivity contribution in [2.45, 2.75) is 4.90 Å². The van der Waals surface area contributed by atoms with Crippen molar-refractivity contribution in [3.05, 3.63) is 59.9 Å². The monoisotopic (exact) mass is 383 g/mol. The number of carbonyl (C=O) groups is 1. The van der Waals surface area contributed by atoms with Crippen LogP contribution < -0.4 is 4.74 Å². The minimum atomic E-state index is -3.86. The molecule has 2 aromatic carbocycles. The van der Waals surface area contributed by atoms with E-state index in [9.17, 15) is 17.6 Å². The molecule has 0 atom stereocenters. The van der Waals surface area contributed by atoms with Gasteiger partial charge in [-0.05, 0) is 42.5 Å². The maximum atomic E-state index is 12.8. The van der Waals surface area contributed by atoms with Gasteiger partial charge in [0.1, 0.15) is 24.8 Å². The standard InChI is InChI=1S/C17H18FNO6S/c1-19(23-2)26(21,22)16-5-3-4-13(12-16)17(20)25-11-10-24-15-8-6-14(18)7-9-15/h3-9,12H,10-11H2,1-2H3. The Balaban J connectivity index is 1.93. The number of rotatable bonds is 8. The highest BCUT2D eigenvalue weighted by Gasteiger charge is 2.22. The number of hydrogen-bond donors (Lipinski definition) is 0. The first-order chi connectivity index (χ1) is 12.3. The predicted molar refractivity (Wildman–Crippen MR) is 90.6 cm³/mol. The van der Waals surface area contributed by atoms with Gasteiger partial charge in [0.2, 0.25) is 0 Å². The molecule has 0 heterocycles. The van der Waals surface area contributed by atoms with Gasteiger partial charge >= 0.3 is 5.97 Å². The van der Waals surface area contributed by atoms with E-state index in [-0.39, 0.29) is 29.5 Å². The number of hydroxylamine groups is 1. The van der Waals surface area contributed by atoms with Crippen LogP contribution in [0.25, 0.3) is 0 Å². The van der Waals surface area contributed by atoms with E-state index in [0.29, 0.717) is 10.2 Å². The average Bonchev–Trinajstić information content (AvgIpc) is 2.65. The topological polar surface area (TPSA) is 82.1 Å². The van der Waals surface area contributed by atoms with E-state index in [0.717, 1.165) is 0 Å². The number of sulfonamides is 1. The third kappa shape index (κ3) is 5.01. The molecular weight excluding hydrogens is 365 g/mol. The molecule has 0 aliphatic carbocycles. The first-order valence-corrected chi connectivity index (χ1v) is 8.97. The molecule has 0 spiro atoms. The van der Waals surface area contributed by atoms with Crippen LogP contribution in [0.4, 0.5) is 4.39 Å². The van der Waals surface area contributed by atoms with Gasteiger partial charge in [0.05, 0.1) is 17.6 Å². The Hall–Kier alpha value is -2.49. The van der Waals surface area contributed by atoms with Gasteiger partial charge in [0, 0.05) is 7.05 Å². The van der Waals surface area contributed by atoms with Gasteiger partial charge in [-0.25, -0.2) is 17.6 Å². The van der Waals surface area contributed by atoms with Crippen LogP contribution in [0.3, 0.4) is 0 Å². The molecule has 0 fully saturated rings. The van der Waals surface area contributed by atoms with Gasteiger partial charge in [0.25, 0.3) is 10.0 Å². The molecule has 0 bridgehead atoms. The zero-order valence-electron chi connectivity index (χ0n) is 14.2. The van der Waals surface area contributed by atoms with E-state index in [1.807, 2.05) is 0 Å². The Labute approximate surface area is 150 Å². The second-order valence-corrected chi connectivity index (χ2v) is 7.00. The van der Waals surface area contributed by atoms with Crippen molar-refractivity contribution >= 4 is 16.0 Å². The summed E-state index contributed by atoms with van der Waals surface area (Å²) in [5.41, 5.74) is 0.0809. The largest absolute Gasteiger partial charge is 0.490 e. The van der Waals surface area contributed by atoms with E-state index in [2.05, 4.69) is 4.84 Å². The maximum absolute atomic E-state index is 12.8. The highest BCUT2D eigenvalue weighted by Crippen LogP contribution is 2.16. The molecule has 7 nitrogen and oxygen atoms in total. The van der Waals surface area contributed by atoms with Gasteiger partial charge in [-0.2, -0.15) is 0 Å². The van der Waals surface area contributed by atoms with Gasteiger partial charge in [-0.15, -0.1) is 0 Å². The first-order valence-electron chi connectivity index (χ1n) is 7.53. The lowest BCUT2D eigenvalue weighted by Gasteiger charge is -2.14. The fourth-order valence-electron chi connectivity index (χ4n) is 1.94. The maximum Gasteiger partial charge on any atom is 0.338 e. The molecule has 0 saturated carbocycles. The Morgan fingerprint density at radius 1 is 1.12 bits per heavy atom. The number of halogens is 1. The fourth-order valence-corrected chi connectivity index (χ4v) is 2.96. The van der Waals surface area contributed by atoms with Crippen molar-refractivity contribution in [1.29, 1.82) is 0 Å². The summed E-state index contributed by atoms with van der Waals surface area (Å²) in [5, 5.41) is 0. The molecule has 140 valence electrons. The minimum Gasteiger partial charge on any atom is -0.490 e. The summed E-state index contributed by atoms with van der Waals surface area (Å²) >= 11 is 0. The average molecular weight is 383 g/mol. The summed E-state index contributed by atoms with van der Waals surface area (Å²) in [6, 6.07) is 10.8. The number of carbonyl (C=O) groups excluding carboxylic acids is 1. The van der Waals surface area contributed by atoms with E-state index >= 15 is 0 Å². The number of benzene rings is 2. The van der Waals surface area contributed by atoms with Crippen LogP contribution >= 0.6 is 0 Å². The van der Waals surface area contributed by atoms with Crippen molar-refractivity contribution in [2.24, 2.45) is 0 Å². The van der Waals surface area contributed by atoms with Crippen LogP contribution in [-0.4, -0.2) is 46.2 Å². The van der Waals surface area contributed by atoms with E-state index in [1.54, 1.807) is 0 Å². The summed E-state index contributed by atoms with van der Waals surface area (Å²) in [5.74, 6) is -0.624. The van der Waals surface area contributed by atoms with E-state index in [1.165, 1.54) is 62.7 Å². The number of ether oxygens (including phenoxy) is 2. The SMILES string of the molecule is CON(C)S(=O)(=O)c1cccc(C(=O)OCCOc2ccc(F)cc2)c1. The Morgan fingerprint density at radius 3 is 2.46 bits per heavy atom. The lowest BCUT2D eigenvalue weighted by atomic mass is 10.2. The Kier molecular flexibility index (Phi) is 6.67. The third-order valence-corrected chi connectivity index (χ3v) is 5.04. The second-order valence-electron chi connectivity index (χ2n) is 5.06. The van der Waals surface area contributed by atoms with Crippen molar-refractivity contribution in [2.75, 3.05) is 27.4 Å². The molecule has 0 N–H and O–H groups in total. The molecule has 0 aliphatic rings. The van der Waals surface area contributed by atoms with Crippen molar-refractivity contribution in [3.8, 4) is 5.75 Å². The molecule has 2 aromatic rings. The van der Waals surface area contributed by atoms with Gasteiger partial charge in [-0.3, -0.25) is 4.84 Å². The Morgan fingerprint density at radius 2 is 1.81 bits per heavy atom. The predicted octanol–water partition coefficient (Wildman–Crippen LogP) is 2.24. The lowest BCUT2D eigenvalue weighted by molar-refractivity contribution is -0.0258. The highest BCUT2D eigenvalue weighted by atomic mass is 32.2. The summed E-state index contributed by atoms with van der Waals surface area (Å²) in [4.78, 5) is 16.6. The van der Waals surface area contributed by atoms with Crippen LogP contribution in [-0.2, 0) is 19.6 Å². The summed E-state index contributed by atoms with van der Waals surface area (Å²) in [6.07, 6.45) is 0. The molecule has 0 aromatic heterocycles.